The third-order valence-corrected chi connectivity index (χ3v) is 4.35. The number of pyridine rings is 1. The van der Waals surface area contributed by atoms with Crippen LogP contribution >= 0.6 is 0 Å². The lowest BCUT2D eigenvalue weighted by Gasteiger charge is -2.20. The third-order valence-electron chi connectivity index (χ3n) is 2.69. The SMILES string of the molecule is CCCCN(C)S(=O)(=O)N[C@H](C)c1ccccn1. The predicted molar refractivity (Wildman–Crippen MR) is 72.2 cm³/mol. The minimum atomic E-state index is -3.44. The summed E-state index contributed by atoms with van der Waals surface area (Å²) in [4.78, 5) is 4.14. The van der Waals surface area contributed by atoms with Crippen LogP contribution in [0.25, 0.3) is 0 Å². The van der Waals surface area contributed by atoms with Crippen molar-refractivity contribution in [3.05, 3.63) is 30.1 Å². The summed E-state index contributed by atoms with van der Waals surface area (Å²) < 4.78 is 28.0. The van der Waals surface area contributed by atoms with Gasteiger partial charge in [-0.05, 0) is 25.5 Å². The molecule has 0 saturated heterocycles. The molecular weight excluding hydrogens is 250 g/mol. The lowest BCUT2D eigenvalue weighted by molar-refractivity contribution is 0.441. The van der Waals surface area contributed by atoms with Crippen LogP contribution in [0.2, 0.25) is 0 Å². The second kappa shape index (κ2) is 6.82. The molecule has 0 amide bonds. The fraction of sp³-hybridized carbons (Fsp3) is 0.583. The summed E-state index contributed by atoms with van der Waals surface area (Å²) in [5, 5.41) is 0. The molecule has 1 atom stereocenters. The van der Waals surface area contributed by atoms with Crippen LogP contribution in [0.3, 0.4) is 0 Å². The average Bonchev–Trinajstić information content (AvgIpc) is 2.36. The van der Waals surface area contributed by atoms with Gasteiger partial charge in [0.15, 0.2) is 0 Å². The Bertz CT molecular complexity index is 448. The zero-order chi connectivity index (χ0) is 13.6. The molecule has 0 aliphatic heterocycles. The van der Waals surface area contributed by atoms with Crippen molar-refractivity contribution in [1.29, 1.82) is 0 Å². The summed E-state index contributed by atoms with van der Waals surface area (Å²) in [6, 6.07) is 5.12. The van der Waals surface area contributed by atoms with Gasteiger partial charge in [-0.25, -0.2) is 0 Å². The van der Waals surface area contributed by atoms with Crippen LogP contribution < -0.4 is 4.72 Å². The molecule has 0 aliphatic rings. The van der Waals surface area contributed by atoms with Crippen molar-refractivity contribution in [3.8, 4) is 0 Å². The smallest absolute Gasteiger partial charge is 0.260 e. The Balaban J connectivity index is 2.65. The molecule has 0 saturated carbocycles. The zero-order valence-corrected chi connectivity index (χ0v) is 11.9. The molecule has 0 bridgehead atoms. The van der Waals surface area contributed by atoms with Crippen molar-refractivity contribution in [2.45, 2.75) is 32.7 Å². The molecule has 0 spiro atoms. The molecule has 0 aromatic carbocycles. The van der Waals surface area contributed by atoms with Crippen LogP contribution in [-0.2, 0) is 10.2 Å². The molecule has 1 aromatic heterocycles. The van der Waals surface area contributed by atoms with E-state index in [1.807, 2.05) is 13.0 Å². The van der Waals surface area contributed by atoms with E-state index >= 15 is 0 Å². The molecule has 102 valence electrons. The number of unbranched alkanes of at least 4 members (excludes halogenated alkanes) is 1. The van der Waals surface area contributed by atoms with Gasteiger partial charge in [0.05, 0.1) is 11.7 Å². The second-order valence-electron chi connectivity index (χ2n) is 4.27. The first kappa shape index (κ1) is 15.1. The van der Waals surface area contributed by atoms with Crippen molar-refractivity contribution in [2.75, 3.05) is 13.6 Å². The van der Waals surface area contributed by atoms with Crippen molar-refractivity contribution in [3.63, 3.8) is 0 Å². The number of rotatable bonds is 7. The summed E-state index contributed by atoms with van der Waals surface area (Å²) in [7, 11) is -1.85. The lowest BCUT2D eigenvalue weighted by atomic mass is 10.2. The number of hydrogen-bond donors (Lipinski definition) is 1. The van der Waals surface area contributed by atoms with Gasteiger partial charge in [-0.15, -0.1) is 0 Å². The van der Waals surface area contributed by atoms with Crippen LogP contribution in [0, 0.1) is 0 Å². The molecule has 1 aromatic rings. The van der Waals surface area contributed by atoms with Gasteiger partial charge in [0.2, 0.25) is 0 Å². The highest BCUT2D eigenvalue weighted by atomic mass is 32.2. The van der Waals surface area contributed by atoms with Gasteiger partial charge in [-0.2, -0.15) is 17.4 Å². The molecule has 1 heterocycles. The number of nitrogens with one attached hydrogen (secondary N) is 1. The van der Waals surface area contributed by atoms with Gasteiger partial charge in [0.25, 0.3) is 10.2 Å². The van der Waals surface area contributed by atoms with Gasteiger partial charge in [0.1, 0.15) is 0 Å². The molecule has 18 heavy (non-hydrogen) atoms. The van der Waals surface area contributed by atoms with Gasteiger partial charge >= 0.3 is 0 Å². The summed E-state index contributed by atoms with van der Waals surface area (Å²) in [5.41, 5.74) is 0.713. The van der Waals surface area contributed by atoms with E-state index < -0.39 is 10.2 Å². The van der Waals surface area contributed by atoms with Crippen LogP contribution in [0.4, 0.5) is 0 Å². The minimum Gasteiger partial charge on any atom is -0.260 e. The Hall–Kier alpha value is -0.980. The Labute approximate surface area is 109 Å². The maximum Gasteiger partial charge on any atom is 0.279 e. The molecule has 0 aliphatic carbocycles. The summed E-state index contributed by atoms with van der Waals surface area (Å²) in [6.07, 6.45) is 3.48. The standard InChI is InChI=1S/C12H21N3O2S/c1-4-5-10-15(3)18(16,17)14-11(2)12-8-6-7-9-13-12/h6-9,11,14H,4-5,10H2,1-3H3/t11-/m1/s1. The monoisotopic (exact) mass is 271 g/mol. The van der Waals surface area contributed by atoms with Crippen LogP contribution in [0.5, 0.6) is 0 Å². The fourth-order valence-electron chi connectivity index (χ4n) is 1.51. The molecule has 6 heteroatoms. The fourth-order valence-corrected chi connectivity index (χ4v) is 2.62. The number of hydrogen-bond acceptors (Lipinski definition) is 3. The lowest BCUT2D eigenvalue weighted by Crippen LogP contribution is -2.40. The van der Waals surface area contributed by atoms with E-state index in [1.54, 1.807) is 32.3 Å². The summed E-state index contributed by atoms with van der Waals surface area (Å²) in [6.45, 7) is 4.35. The molecule has 0 fully saturated rings. The maximum atomic E-state index is 12.0. The van der Waals surface area contributed by atoms with E-state index in [0.29, 0.717) is 12.2 Å². The van der Waals surface area contributed by atoms with Gasteiger partial charge in [-0.3, -0.25) is 4.98 Å². The predicted octanol–water partition coefficient (Wildman–Crippen LogP) is 1.71. The zero-order valence-electron chi connectivity index (χ0n) is 11.1. The van der Waals surface area contributed by atoms with Crippen molar-refractivity contribution in [1.82, 2.24) is 14.0 Å². The number of aromatic nitrogens is 1. The molecule has 0 radical (unpaired) electrons. The normalized spacial score (nSPS) is 13.8. The quantitative estimate of drug-likeness (QED) is 0.821. The molecule has 0 unspecified atom stereocenters. The van der Waals surface area contributed by atoms with Crippen LogP contribution in [0.15, 0.2) is 24.4 Å². The van der Waals surface area contributed by atoms with E-state index in [2.05, 4.69) is 9.71 Å². The Morgan fingerprint density at radius 3 is 2.72 bits per heavy atom. The van der Waals surface area contributed by atoms with E-state index in [4.69, 9.17) is 0 Å². The van der Waals surface area contributed by atoms with E-state index in [1.165, 1.54) is 4.31 Å². The van der Waals surface area contributed by atoms with Gasteiger partial charge in [-0.1, -0.05) is 19.4 Å². The van der Waals surface area contributed by atoms with E-state index in [0.717, 1.165) is 12.8 Å². The Morgan fingerprint density at radius 2 is 2.17 bits per heavy atom. The second-order valence-corrected chi connectivity index (χ2v) is 6.08. The Morgan fingerprint density at radius 1 is 1.44 bits per heavy atom. The van der Waals surface area contributed by atoms with Crippen molar-refractivity contribution < 1.29 is 8.42 Å². The van der Waals surface area contributed by atoms with Crippen LogP contribution in [-0.4, -0.2) is 31.3 Å². The molecular formula is C12H21N3O2S. The molecule has 1 rings (SSSR count). The van der Waals surface area contributed by atoms with Crippen molar-refractivity contribution >= 4 is 10.2 Å². The van der Waals surface area contributed by atoms with Crippen molar-refractivity contribution in [2.24, 2.45) is 0 Å². The largest absolute Gasteiger partial charge is 0.279 e. The van der Waals surface area contributed by atoms with Gasteiger partial charge < -0.3 is 0 Å². The highest BCUT2D eigenvalue weighted by molar-refractivity contribution is 7.87. The molecule has 5 nitrogen and oxygen atoms in total. The first-order chi connectivity index (χ1) is 8.47. The average molecular weight is 271 g/mol. The molecule has 1 N–H and O–H groups in total. The summed E-state index contributed by atoms with van der Waals surface area (Å²) >= 11 is 0. The summed E-state index contributed by atoms with van der Waals surface area (Å²) in [5.74, 6) is 0. The third kappa shape index (κ3) is 4.36. The first-order valence-corrected chi connectivity index (χ1v) is 7.56. The topological polar surface area (TPSA) is 62.3 Å². The van der Waals surface area contributed by atoms with Crippen LogP contribution in [0.1, 0.15) is 38.4 Å². The minimum absolute atomic E-state index is 0.333. The van der Waals surface area contributed by atoms with Gasteiger partial charge in [0, 0.05) is 19.8 Å². The van der Waals surface area contributed by atoms with E-state index in [9.17, 15) is 8.42 Å². The highest BCUT2D eigenvalue weighted by Crippen LogP contribution is 2.11. The Kier molecular flexibility index (Phi) is 5.71. The number of nitrogens with zero attached hydrogens (tertiary/aromatic N) is 2. The first-order valence-electron chi connectivity index (χ1n) is 6.12. The highest BCUT2D eigenvalue weighted by Gasteiger charge is 2.20. The van der Waals surface area contributed by atoms with E-state index in [-0.39, 0.29) is 6.04 Å². The maximum absolute atomic E-state index is 12.0.